The molecule has 25 heavy (non-hydrogen) atoms. The van der Waals surface area contributed by atoms with E-state index in [-0.39, 0.29) is 11.4 Å². The molecular weight excluding hydrogens is 330 g/mol. The van der Waals surface area contributed by atoms with Gasteiger partial charge in [0.15, 0.2) is 0 Å². The van der Waals surface area contributed by atoms with Gasteiger partial charge < -0.3 is 14.8 Å². The van der Waals surface area contributed by atoms with Gasteiger partial charge in [-0.2, -0.15) is 0 Å². The first-order chi connectivity index (χ1) is 12.0. The number of nitrogens with one attached hydrogen (secondary N) is 1. The van der Waals surface area contributed by atoms with E-state index in [1.807, 2.05) is 6.92 Å². The Morgan fingerprint density at radius 2 is 1.76 bits per heavy atom. The third-order valence-electron chi connectivity index (χ3n) is 3.23. The maximum Gasteiger partial charge on any atom is 0.299 e. The van der Waals surface area contributed by atoms with Crippen LogP contribution in [-0.4, -0.2) is 29.7 Å². The number of para-hydroxylation sites is 2. The predicted octanol–water partition coefficient (Wildman–Crippen LogP) is 3.66. The van der Waals surface area contributed by atoms with Gasteiger partial charge in [-0.15, -0.1) is 0 Å². The number of anilines is 2. The van der Waals surface area contributed by atoms with Crippen LogP contribution in [0.2, 0.25) is 0 Å². The maximum absolute atomic E-state index is 11.2. The number of hydrogen-bond donors (Lipinski definition) is 1. The van der Waals surface area contributed by atoms with E-state index in [9.17, 15) is 20.2 Å². The monoisotopic (exact) mass is 347 g/mol. The zero-order valence-electron chi connectivity index (χ0n) is 13.5. The average molecular weight is 347 g/mol. The standard InChI is InChI=1S/C16H17N3O6/c1-2-24-9-10-25-16-6-4-3-5-14(16)17-13-8-7-12(18(20)21)11-15(13)19(22)23/h3-8,11,17H,2,9-10H2,1H3. The van der Waals surface area contributed by atoms with Crippen molar-refractivity contribution < 1.29 is 19.3 Å². The van der Waals surface area contributed by atoms with E-state index >= 15 is 0 Å². The summed E-state index contributed by atoms with van der Waals surface area (Å²) in [4.78, 5) is 20.7. The summed E-state index contributed by atoms with van der Waals surface area (Å²) >= 11 is 0. The first kappa shape index (κ1) is 18.1. The minimum absolute atomic E-state index is 0.136. The van der Waals surface area contributed by atoms with Gasteiger partial charge in [0.2, 0.25) is 0 Å². The van der Waals surface area contributed by atoms with Crippen molar-refractivity contribution in [2.24, 2.45) is 0 Å². The molecule has 1 N–H and O–H groups in total. The molecule has 9 nitrogen and oxygen atoms in total. The summed E-state index contributed by atoms with van der Waals surface area (Å²) in [6.07, 6.45) is 0. The van der Waals surface area contributed by atoms with Gasteiger partial charge in [-0.25, -0.2) is 0 Å². The van der Waals surface area contributed by atoms with E-state index < -0.39 is 15.5 Å². The summed E-state index contributed by atoms with van der Waals surface area (Å²) in [5.41, 5.74) is -0.0933. The van der Waals surface area contributed by atoms with Crippen LogP contribution in [0.4, 0.5) is 22.7 Å². The lowest BCUT2D eigenvalue weighted by Gasteiger charge is -2.13. The number of rotatable bonds is 9. The minimum atomic E-state index is -0.679. The van der Waals surface area contributed by atoms with Gasteiger partial charge in [-0.1, -0.05) is 12.1 Å². The summed E-state index contributed by atoms with van der Waals surface area (Å²) in [5.74, 6) is 0.495. The topological polar surface area (TPSA) is 117 Å². The average Bonchev–Trinajstić information content (AvgIpc) is 2.60. The zero-order chi connectivity index (χ0) is 18.2. The van der Waals surface area contributed by atoms with Crippen LogP contribution in [-0.2, 0) is 4.74 Å². The van der Waals surface area contributed by atoms with Crippen LogP contribution in [0.25, 0.3) is 0 Å². The van der Waals surface area contributed by atoms with Crippen molar-refractivity contribution in [3.05, 3.63) is 62.7 Å². The number of nitrogens with zero attached hydrogens (tertiary/aromatic N) is 2. The van der Waals surface area contributed by atoms with Crippen LogP contribution >= 0.6 is 0 Å². The second-order valence-electron chi connectivity index (χ2n) is 4.88. The predicted molar refractivity (Wildman–Crippen MR) is 91.5 cm³/mol. The summed E-state index contributed by atoms with van der Waals surface area (Å²) in [7, 11) is 0. The molecule has 2 aromatic carbocycles. The van der Waals surface area contributed by atoms with Gasteiger partial charge in [0, 0.05) is 12.7 Å². The third kappa shape index (κ3) is 4.88. The number of nitro benzene ring substituents is 2. The van der Waals surface area contributed by atoms with Gasteiger partial charge in [-0.05, 0) is 25.1 Å². The number of hydrogen-bond acceptors (Lipinski definition) is 7. The van der Waals surface area contributed by atoms with E-state index in [0.29, 0.717) is 31.3 Å². The van der Waals surface area contributed by atoms with Crippen molar-refractivity contribution in [3.8, 4) is 5.75 Å². The first-order valence-electron chi connectivity index (χ1n) is 7.52. The molecule has 132 valence electrons. The second kappa shape index (κ2) is 8.60. The molecule has 0 saturated carbocycles. The van der Waals surface area contributed by atoms with Gasteiger partial charge in [0.05, 0.1) is 28.2 Å². The van der Waals surface area contributed by atoms with Crippen LogP contribution in [0.1, 0.15) is 6.92 Å². The van der Waals surface area contributed by atoms with Crippen molar-refractivity contribution in [2.45, 2.75) is 6.92 Å². The molecule has 0 spiro atoms. The first-order valence-corrected chi connectivity index (χ1v) is 7.52. The largest absolute Gasteiger partial charge is 0.489 e. The van der Waals surface area contributed by atoms with Crippen molar-refractivity contribution in [1.29, 1.82) is 0 Å². The molecule has 0 aliphatic rings. The highest BCUT2D eigenvalue weighted by Crippen LogP contribution is 2.34. The Kier molecular flexibility index (Phi) is 6.24. The molecule has 9 heteroatoms. The number of ether oxygens (including phenoxy) is 2. The van der Waals surface area contributed by atoms with Gasteiger partial charge in [0.25, 0.3) is 11.4 Å². The molecule has 0 aromatic heterocycles. The Bertz CT molecular complexity index is 765. The summed E-state index contributed by atoms with van der Waals surface area (Å²) in [6.45, 7) is 3.21. The second-order valence-corrected chi connectivity index (χ2v) is 4.88. The normalized spacial score (nSPS) is 10.3. The van der Waals surface area contributed by atoms with E-state index in [4.69, 9.17) is 9.47 Å². The molecule has 2 rings (SSSR count). The van der Waals surface area contributed by atoms with Crippen molar-refractivity contribution in [1.82, 2.24) is 0 Å². The molecule has 0 saturated heterocycles. The third-order valence-corrected chi connectivity index (χ3v) is 3.23. The summed E-state index contributed by atoms with van der Waals surface area (Å²) in [6, 6.07) is 10.3. The van der Waals surface area contributed by atoms with Crippen LogP contribution in [0.5, 0.6) is 5.75 Å². The molecule has 0 aliphatic heterocycles. The molecule has 0 heterocycles. The Labute approximate surface area is 143 Å². The zero-order valence-corrected chi connectivity index (χ0v) is 13.5. The van der Waals surface area contributed by atoms with Crippen LogP contribution in [0.15, 0.2) is 42.5 Å². The fraction of sp³-hybridized carbons (Fsp3) is 0.250. The van der Waals surface area contributed by atoms with E-state index in [1.165, 1.54) is 12.1 Å². The Hall–Kier alpha value is -3.20. The number of benzene rings is 2. The lowest BCUT2D eigenvalue weighted by molar-refractivity contribution is -0.393. The molecule has 0 amide bonds. The number of nitro groups is 2. The van der Waals surface area contributed by atoms with Crippen LogP contribution in [0, 0.1) is 20.2 Å². The highest BCUT2D eigenvalue weighted by molar-refractivity contribution is 5.74. The molecule has 0 bridgehead atoms. The van der Waals surface area contributed by atoms with Crippen molar-refractivity contribution in [3.63, 3.8) is 0 Å². The fourth-order valence-corrected chi connectivity index (χ4v) is 2.09. The Balaban J connectivity index is 2.24. The summed E-state index contributed by atoms with van der Waals surface area (Å²) < 4.78 is 10.8. The quantitative estimate of drug-likeness (QED) is 0.418. The lowest BCUT2D eigenvalue weighted by Crippen LogP contribution is -2.07. The Morgan fingerprint density at radius 3 is 2.44 bits per heavy atom. The fourth-order valence-electron chi connectivity index (χ4n) is 2.09. The van der Waals surface area contributed by atoms with Crippen molar-refractivity contribution >= 4 is 22.7 Å². The van der Waals surface area contributed by atoms with Gasteiger partial charge >= 0.3 is 0 Å². The highest BCUT2D eigenvalue weighted by Gasteiger charge is 2.20. The molecule has 0 fully saturated rings. The molecule has 0 aliphatic carbocycles. The Morgan fingerprint density at radius 1 is 1.00 bits per heavy atom. The van der Waals surface area contributed by atoms with Crippen LogP contribution < -0.4 is 10.1 Å². The van der Waals surface area contributed by atoms with Crippen molar-refractivity contribution in [2.75, 3.05) is 25.1 Å². The lowest BCUT2D eigenvalue weighted by atomic mass is 10.2. The van der Waals surface area contributed by atoms with E-state index in [2.05, 4.69) is 5.32 Å². The summed E-state index contributed by atoms with van der Waals surface area (Å²) in [5, 5.41) is 24.9. The molecule has 0 radical (unpaired) electrons. The van der Waals surface area contributed by atoms with E-state index in [0.717, 1.165) is 6.07 Å². The smallest absolute Gasteiger partial charge is 0.299 e. The minimum Gasteiger partial charge on any atom is -0.489 e. The highest BCUT2D eigenvalue weighted by atomic mass is 16.6. The molecular formula is C16H17N3O6. The molecule has 2 aromatic rings. The maximum atomic E-state index is 11.2. The van der Waals surface area contributed by atoms with Crippen LogP contribution in [0.3, 0.4) is 0 Å². The molecule has 0 atom stereocenters. The molecule has 0 unspecified atom stereocenters. The van der Waals surface area contributed by atoms with E-state index in [1.54, 1.807) is 24.3 Å². The van der Waals surface area contributed by atoms with Gasteiger partial charge in [0.1, 0.15) is 18.0 Å². The SMILES string of the molecule is CCOCCOc1ccccc1Nc1ccc([N+](=O)[O-])cc1[N+](=O)[O-]. The van der Waals surface area contributed by atoms with Gasteiger partial charge in [-0.3, -0.25) is 20.2 Å². The number of non-ortho nitro benzene ring substituents is 1.